The highest BCUT2D eigenvalue weighted by Crippen LogP contribution is 2.39. The summed E-state index contributed by atoms with van der Waals surface area (Å²) in [5, 5.41) is 3.83. The Bertz CT molecular complexity index is 1090. The van der Waals surface area contributed by atoms with E-state index in [1.54, 1.807) is 0 Å². The molecule has 0 fully saturated rings. The predicted molar refractivity (Wildman–Crippen MR) is 121 cm³/mol. The van der Waals surface area contributed by atoms with Gasteiger partial charge in [0.25, 0.3) is 5.91 Å². The lowest BCUT2D eigenvalue weighted by Gasteiger charge is -2.10. The first-order valence-corrected chi connectivity index (χ1v) is 11.6. The molecule has 0 saturated heterocycles. The molecule has 2 heterocycles. The van der Waals surface area contributed by atoms with Gasteiger partial charge < -0.3 is 16.0 Å². The second-order valence-corrected chi connectivity index (χ2v) is 9.89. The summed E-state index contributed by atoms with van der Waals surface area (Å²) in [5.41, 5.74) is 10.2. The van der Waals surface area contributed by atoms with Gasteiger partial charge >= 0.3 is 0 Å². The molecule has 30 heavy (non-hydrogen) atoms. The Morgan fingerprint density at radius 1 is 1.30 bits per heavy atom. The summed E-state index contributed by atoms with van der Waals surface area (Å²) in [7, 11) is 0. The number of primary amides is 1. The van der Waals surface area contributed by atoms with E-state index >= 15 is 0 Å². The molecule has 0 bridgehead atoms. The Morgan fingerprint density at radius 2 is 2.07 bits per heavy atom. The highest BCUT2D eigenvalue weighted by atomic mass is 32.2. The molecule has 4 N–H and O–H groups in total. The molecule has 0 radical (unpaired) electrons. The number of nitrogens with two attached hydrogens (primary N) is 1. The molecule has 1 aromatic carbocycles. The largest absolute Gasteiger partial charge is 0.365 e. The first kappa shape index (κ1) is 20.7. The first-order valence-electron chi connectivity index (χ1n) is 9.93. The number of nitrogens with one attached hydrogen (secondary N) is 2. The maximum atomic E-state index is 12.8. The van der Waals surface area contributed by atoms with E-state index in [0.29, 0.717) is 15.7 Å². The van der Waals surface area contributed by atoms with Crippen LogP contribution in [0.5, 0.6) is 0 Å². The van der Waals surface area contributed by atoms with Gasteiger partial charge in [-0.3, -0.25) is 9.59 Å². The molecule has 0 saturated carbocycles. The lowest BCUT2D eigenvalue weighted by molar-refractivity contribution is -0.115. The van der Waals surface area contributed by atoms with Crippen LogP contribution < -0.4 is 11.1 Å². The number of rotatable bonds is 7. The molecule has 1 aliphatic rings. The summed E-state index contributed by atoms with van der Waals surface area (Å²) >= 11 is 2.84. The quantitative estimate of drug-likeness (QED) is 0.482. The molecule has 0 unspecified atom stereocenters. The van der Waals surface area contributed by atoms with Gasteiger partial charge in [0.2, 0.25) is 5.91 Å². The molecule has 4 rings (SSSR count). The normalized spacial score (nSPS) is 13.8. The van der Waals surface area contributed by atoms with Crippen molar-refractivity contribution in [3.63, 3.8) is 0 Å². The Labute approximate surface area is 183 Å². The monoisotopic (exact) mass is 440 g/mol. The lowest BCUT2D eigenvalue weighted by Crippen LogP contribution is -2.24. The van der Waals surface area contributed by atoms with E-state index < -0.39 is 5.91 Å². The van der Waals surface area contributed by atoms with Crippen molar-refractivity contribution in [3.8, 4) is 0 Å². The fourth-order valence-corrected chi connectivity index (χ4v) is 5.84. The van der Waals surface area contributed by atoms with E-state index in [9.17, 15) is 9.59 Å². The van der Waals surface area contributed by atoms with Gasteiger partial charge in [0.15, 0.2) is 5.16 Å². The third-order valence-electron chi connectivity index (χ3n) is 5.24. The van der Waals surface area contributed by atoms with Gasteiger partial charge in [-0.25, -0.2) is 4.98 Å². The number of benzene rings is 1. The molecule has 0 aliphatic heterocycles. The first-order chi connectivity index (χ1) is 14.4. The number of aromatic amines is 1. The zero-order valence-electron chi connectivity index (χ0n) is 17.0. The maximum Gasteiger partial charge on any atom is 0.251 e. The maximum absolute atomic E-state index is 12.8. The predicted octanol–water partition coefficient (Wildman–Crippen LogP) is 4.08. The number of aryl methyl sites for hydroxylation is 2. The molecular weight excluding hydrogens is 416 g/mol. The van der Waals surface area contributed by atoms with E-state index in [1.165, 1.54) is 28.7 Å². The number of anilines is 1. The number of hydrogen-bond acceptors (Lipinski definition) is 5. The van der Waals surface area contributed by atoms with Crippen molar-refractivity contribution in [2.24, 2.45) is 5.73 Å². The number of amides is 2. The summed E-state index contributed by atoms with van der Waals surface area (Å²) in [6, 6.07) is 10.2. The van der Waals surface area contributed by atoms with Crippen LogP contribution >= 0.6 is 23.1 Å². The average molecular weight is 441 g/mol. The summed E-state index contributed by atoms with van der Waals surface area (Å²) in [4.78, 5) is 33.8. The topological polar surface area (TPSA) is 101 Å². The Kier molecular flexibility index (Phi) is 5.97. The second kappa shape index (κ2) is 8.65. The zero-order chi connectivity index (χ0) is 21.3. The van der Waals surface area contributed by atoms with Crippen molar-refractivity contribution >= 4 is 39.9 Å². The van der Waals surface area contributed by atoms with Gasteiger partial charge in [-0.05, 0) is 44.2 Å². The molecule has 2 aromatic heterocycles. The second-order valence-electron chi connectivity index (χ2n) is 7.45. The highest BCUT2D eigenvalue weighted by molar-refractivity contribution is 8.00. The van der Waals surface area contributed by atoms with Gasteiger partial charge in [0, 0.05) is 17.0 Å². The van der Waals surface area contributed by atoms with Crippen LogP contribution in [0.15, 0.2) is 35.5 Å². The van der Waals surface area contributed by atoms with E-state index in [1.807, 2.05) is 32.0 Å². The minimum Gasteiger partial charge on any atom is -0.365 e. The van der Waals surface area contributed by atoms with Crippen molar-refractivity contribution in [2.45, 2.75) is 49.9 Å². The van der Waals surface area contributed by atoms with Crippen molar-refractivity contribution in [3.05, 3.63) is 63.3 Å². The number of fused-ring (bicyclic) bond motifs is 1. The van der Waals surface area contributed by atoms with Crippen LogP contribution in [-0.4, -0.2) is 27.0 Å². The SMILES string of the molecule is Cc1[nH]c(S[C@H](C)C(=O)Nc2sc3c(c2C(N)=O)CCC3)nc1Cc1ccccc1. The molecule has 0 spiro atoms. The molecule has 6 nitrogen and oxygen atoms in total. The summed E-state index contributed by atoms with van der Waals surface area (Å²) in [6.45, 7) is 3.83. The number of hydrogen-bond donors (Lipinski definition) is 3. The van der Waals surface area contributed by atoms with E-state index in [0.717, 1.165) is 47.5 Å². The van der Waals surface area contributed by atoms with Crippen LogP contribution in [0.2, 0.25) is 0 Å². The van der Waals surface area contributed by atoms with Gasteiger partial charge in [0.05, 0.1) is 16.5 Å². The number of nitrogens with zero attached hydrogens (tertiary/aromatic N) is 1. The van der Waals surface area contributed by atoms with Gasteiger partial charge in [-0.2, -0.15) is 0 Å². The number of carbonyl (C=O) groups excluding carboxylic acids is 2. The number of aromatic nitrogens is 2. The minimum absolute atomic E-state index is 0.166. The van der Waals surface area contributed by atoms with E-state index in [-0.39, 0.29) is 11.2 Å². The van der Waals surface area contributed by atoms with Crippen LogP contribution in [0.25, 0.3) is 0 Å². The van der Waals surface area contributed by atoms with Crippen LogP contribution in [0.3, 0.4) is 0 Å². The van der Waals surface area contributed by atoms with Crippen molar-refractivity contribution in [1.29, 1.82) is 0 Å². The Hall–Kier alpha value is -2.58. The molecule has 156 valence electrons. The summed E-state index contributed by atoms with van der Waals surface area (Å²) in [6.07, 6.45) is 3.56. The number of thiophene rings is 1. The number of carbonyl (C=O) groups is 2. The molecule has 8 heteroatoms. The number of imidazole rings is 1. The summed E-state index contributed by atoms with van der Waals surface area (Å²) < 4.78 is 0. The van der Waals surface area contributed by atoms with Crippen LogP contribution in [-0.2, 0) is 24.1 Å². The molecule has 1 atom stereocenters. The number of H-pyrrole nitrogens is 1. The third-order valence-corrected chi connectivity index (χ3v) is 7.43. The van der Waals surface area contributed by atoms with Crippen LogP contribution in [0.4, 0.5) is 5.00 Å². The molecule has 2 amide bonds. The van der Waals surface area contributed by atoms with Crippen molar-refractivity contribution in [2.75, 3.05) is 5.32 Å². The Morgan fingerprint density at radius 3 is 2.80 bits per heavy atom. The van der Waals surface area contributed by atoms with Gasteiger partial charge in [0.1, 0.15) is 5.00 Å². The van der Waals surface area contributed by atoms with Crippen molar-refractivity contribution in [1.82, 2.24) is 9.97 Å². The third kappa shape index (κ3) is 4.29. The van der Waals surface area contributed by atoms with Crippen LogP contribution in [0, 0.1) is 6.92 Å². The lowest BCUT2D eigenvalue weighted by atomic mass is 10.1. The van der Waals surface area contributed by atoms with Gasteiger partial charge in [-0.1, -0.05) is 42.1 Å². The average Bonchev–Trinajstić information content (AvgIpc) is 3.37. The van der Waals surface area contributed by atoms with Crippen molar-refractivity contribution < 1.29 is 9.59 Å². The minimum atomic E-state index is -0.475. The van der Waals surface area contributed by atoms with E-state index in [2.05, 4.69) is 27.4 Å². The molecular formula is C22H24N4O2S2. The fraction of sp³-hybridized carbons (Fsp3) is 0.318. The molecule has 1 aliphatic carbocycles. The smallest absolute Gasteiger partial charge is 0.251 e. The highest BCUT2D eigenvalue weighted by Gasteiger charge is 2.27. The van der Waals surface area contributed by atoms with Gasteiger partial charge in [-0.15, -0.1) is 11.3 Å². The van der Waals surface area contributed by atoms with E-state index in [4.69, 9.17) is 5.73 Å². The number of thioether (sulfide) groups is 1. The fourth-order valence-electron chi connectivity index (χ4n) is 3.67. The summed E-state index contributed by atoms with van der Waals surface area (Å²) in [5.74, 6) is -0.640. The standard InChI is InChI=1S/C22H24N4O2S2/c1-12-16(11-14-7-4-3-5-8-14)25-22(24-12)29-13(2)20(28)26-21-18(19(23)27)15-9-6-10-17(15)30-21/h3-5,7-8,13H,6,9-11H2,1-2H3,(H2,23,27)(H,24,25)(H,26,28)/t13-/m1/s1. The Balaban J connectivity index is 1.43. The molecule has 3 aromatic rings. The van der Waals surface area contributed by atoms with Crippen LogP contribution in [0.1, 0.15) is 51.1 Å². The zero-order valence-corrected chi connectivity index (χ0v) is 18.6.